The van der Waals surface area contributed by atoms with E-state index in [1.54, 1.807) is 30.3 Å². The lowest BCUT2D eigenvalue weighted by Crippen LogP contribution is -2.42. The predicted octanol–water partition coefficient (Wildman–Crippen LogP) is 3.62. The molecule has 0 bridgehead atoms. The Labute approximate surface area is 176 Å². The number of halogens is 1. The predicted molar refractivity (Wildman–Crippen MR) is 117 cm³/mol. The van der Waals surface area contributed by atoms with Crippen LogP contribution in [0.4, 0.5) is 10.5 Å². The van der Waals surface area contributed by atoms with Gasteiger partial charge < -0.3 is 20.5 Å². The normalized spacial score (nSPS) is 12.6. The highest BCUT2D eigenvalue weighted by atomic mass is 35.5. The van der Waals surface area contributed by atoms with Gasteiger partial charge in [0.1, 0.15) is 18.5 Å². The number of nitrogens with one attached hydrogen (secondary N) is 3. The van der Waals surface area contributed by atoms with Gasteiger partial charge in [0.25, 0.3) is 0 Å². The average Bonchev–Trinajstić information content (AvgIpc) is 2.66. The van der Waals surface area contributed by atoms with Gasteiger partial charge in [-0.15, -0.1) is 0 Å². The molecule has 0 aliphatic heterocycles. The van der Waals surface area contributed by atoms with Crippen LogP contribution in [0, 0.1) is 0 Å². The zero-order chi connectivity index (χ0) is 21.3. The molecule has 8 heteroatoms. The monoisotopic (exact) mass is 418 g/mol. The first-order valence-electron chi connectivity index (χ1n) is 9.23. The number of hydrazone groups is 1. The summed E-state index contributed by atoms with van der Waals surface area (Å²) in [5.41, 5.74) is 3.53. The van der Waals surface area contributed by atoms with Crippen LogP contribution in [-0.2, 0) is 0 Å². The van der Waals surface area contributed by atoms with Crippen molar-refractivity contribution in [2.24, 2.45) is 5.10 Å². The number of amides is 2. The van der Waals surface area contributed by atoms with Crippen LogP contribution in [0.25, 0.3) is 0 Å². The number of aliphatic hydroxyl groups is 1. The van der Waals surface area contributed by atoms with Crippen molar-refractivity contribution in [3.63, 3.8) is 0 Å². The Bertz CT molecular complexity index is 822. The molecule has 0 heterocycles. The fourth-order valence-electron chi connectivity index (χ4n) is 2.26. The van der Waals surface area contributed by atoms with Crippen LogP contribution in [0.2, 0.25) is 5.02 Å². The van der Waals surface area contributed by atoms with Crippen LogP contribution < -0.4 is 20.8 Å². The van der Waals surface area contributed by atoms with Crippen LogP contribution in [0.3, 0.4) is 0 Å². The van der Waals surface area contributed by atoms with Crippen molar-refractivity contribution < 1.29 is 14.6 Å². The van der Waals surface area contributed by atoms with Crippen molar-refractivity contribution >= 4 is 29.5 Å². The molecule has 0 fully saturated rings. The van der Waals surface area contributed by atoms with Crippen molar-refractivity contribution in [1.29, 1.82) is 0 Å². The summed E-state index contributed by atoms with van der Waals surface area (Å²) in [6, 6.07) is 13.6. The number of benzene rings is 2. The quantitative estimate of drug-likeness (QED) is 0.389. The highest BCUT2D eigenvalue weighted by Crippen LogP contribution is 2.21. The van der Waals surface area contributed by atoms with Crippen molar-refractivity contribution in [3.05, 3.63) is 59.1 Å². The van der Waals surface area contributed by atoms with E-state index in [1.807, 2.05) is 39.0 Å². The maximum Gasteiger partial charge on any atom is 0.339 e. The number of para-hydroxylation sites is 1. The van der Waals surface area contributed by atoms with Gasteiger partial charge in [-0.2, -0.15) is 5.10 Å². The summed E-state index contributed by atoms with van der Waals surface area (Å²) < 4.78 is 5.70. The molecular formula is C21H27ClN4O3. The molecule has 0 saturated heterocycles. The lowest BCUT2D eigenvalue weighted by molar-refractivity contribution is 0.1000. The van der Waals surface area contributed by atoms with Gasteiger partial charge in [-0.1, -0.05) is 29.8 Å². The maximum absolute atomic E-state index is 11.9. The van der Waals surface area contributed by atoms with E-state index >= 15 is 0 Å². The highest BCUT2D eigenvalue weighted by molar-refractivity contribution is 6.30. The molecule has 4 N–H and O–H groups in total. The molecule has 156 valence electrons. The molecule has 0 aliphatic carbocycles. The highest BCUT2D eigenvalue weighted by Gasteiger charge is 2.13. The Hall–Kier alpha value is -2.61. The van der Waals surface area contributed by atoms with Gasteiger partial charge in [-0.05, 0) is 51.1 Å². The van der Waals surface area contributed by atoms with Crippen LogP contribution in [-0.4, -0.2) is 42.1 Å². The number of ether oxygens (including phenoxy) is 1. The Kier molecular flexibility index (Phi) is 8.45. The van der Waals surface area contributed by atoms with Crippen molar-refractivity contribution in [2.45, 2.75) is 32.4 Å². The van der Waals surface area contributed by atoms with Gasteiger partial charge in [-0.3, -0.25) is 0 Å². The molecule has 2 rings (SSSR count). The second-order valence-electron chi connectivity index (χ2n) is 7.47. The molecule has 0 spiro atoms. The zero-order valence-corrected chi connectivity index (χ0v) is 17.5. The minimum atomic E-state index is -0.676. The van der Waals surface area contributed by atoms with Crippen molar-refractivity contribution in [2.75, 3.05) is 18.5 Å². The number of carbonyl (C=O) groups excluding carboxylic acids is 1. The SMILES string of the molecule is CC(C)(C)NCC(O)COc1ccc(Cl)cc1/C=N/NC(=O)Nc1ccccc1. The number of rotatable bonds is 8. The van der Waals surface area contributed by atoms with E-state index in [9.17, 15) is 9.90 Å². The number of nitrogens with zero attached hydrogens (tertiary/aromatic N) is 1. The fourth-order valence-corrected chi connectivity index (χ4v) is 2.44. The first-order valence-corrected chi connectivity index (χ1v) is 9.61. The molecule has 0 aromatic heterocycles. The summed E-state index contributed by atoms with van der Waals surface area (Å²) >= 11 is 6.05. The first kappa shape index (κ1) is 22.7. The molecule has 0 radical (unpaired) electrons. The van der Waals surface area contributed by atoms with Crippen LogP contribution >= 0.6 is 11.6 Å². The van der Waals surface area contributed by atoms with E-state index in [1.165, 1.54) is 6.21 Å². The zero-order valence-electron chi connectivity index (χ0n) is 16.8. The first-order chi connectivity index (χ1) is 13.7. The van der Waals surface area contributed by atoms with Gasteiger partial charge in [-0.25, -0.2) is 10.2 Å². The Morgan fingerprint density at radius 2 is 1.97 bits per heavy atom. The summed E-state index contributed by atoms with van der Waals surface area (Å²) in [6.45, 7) is 6.58. The number of carbonyl (C=O) groups is 1. The lowest BCUT2D eigenvalue weighted by Gasteiger charge is -2.23. The number of urea groups is 1. The van der Waals surface area contributed by atoms with E-state index < -0.39 is 12.1 Å². The number of β-amino-alcohol motifs (C(OH)–C–C–N with tert-alkyl or cyclic N) is 1. The third-order valence-corrected chi connectivity index (χ3v) is 3.91. The molecular weight excluding hydrogens is 392 g/mol. The molecule has 1 unspecified atom stereocenters. The number of aliphatic hydroxyl groups excluding tert-OH is 1. The fraction of sp³-hybridized carbons (Fsp3) is 0.333. The van der Waals surface area contributed by atoms with Crippen molar-refractivity contribution in [1.82, 2.24) is 10.7 Å². The summed E-state index contributed by atoms with van der Waals surface area (Å²) in [5.74, 6) is 0.498. The van der Waals surface area contributed by atoms with E-state index in [4.69, 9.17) is 16.3 Å². The summed E-state index contributed by atoms with van der Waals surface area (Å²) in [5, 5.41) is 20.4. The molecule has 2 aromatic carbocycles. The number of anilines is 1. The van der Waals surface area contributed by atoms with Crippen LogP contribution in [0.15, 0.2) is 53.6 Å². The van der Waals surface area contributed by atoms with Crippen LogP contribution in [0.5, 0.6) is 5.75 Å². The van der Waals surface area contributed by atoms with Crippen molar-refractivity contribution in [3.8, 4) is 5.75 Å². The topological polar surface area (TPSA) is 95.0 Å². The largest absolute Gasteiger partial charge is 0.490 e. The maximum atomic E-state index is 11.9. The second-order valence-corrected chi connectivity index (χ2v) is 7.90. The molecule has 0 saturated carbocycles. The minimum absolute atomic E-state index is 0.0922. The third kappa shape index (κ3) is 8.95. The Morgan fingerprint density at radius 3 is 2.66 bits per heavy atom. The average molecular weight is 419 g/mol. The van der Waals surface area contributed by atoms with E-state index in [0.717, 1.165) is 0 Å². The number of hydrogen-bond donors (Lipinski definition) is 4. The molecule has 7 nitrogen and oxygen atoms in total. The summed E-state index contributed by atoms with van der Waals surface area (Å²) in [6.07, 6.45) is 0.760. The van der Waals surface area contributed by atoms with Gasteiger partial charge >= 0.3 is 6.03 Å². The molecule has 29 heavy (non-hydrogen) atoms. The summed E-state index contributed by atoms with van der Waals surface area (Å²) in [4.78, 5) is 11.9. The summed E-state index contributed by atoms with van der Waals surface area (Å²) in [7, 11) is 0. The van der Waals surface area contributed by atoms with E-state index in [0.29, 0.717) is 28.6 Å². The molecule has 2 amide bonds. The molecule has 2 aromatic rings. The smallest absolute Gasteiger partial charge is 0.339 e. The molecule has 1 atom stereocenters. The minimum Gasteiger partial charge on any atom is -0.490 e. The Balaban J connectivity index is 1.91. The van der Waals surface area contributed by atoms with Crippen LogP contribution in [0.1, 0.15) is 26.3 Å². The number of hydrogen-bond acceptors (Lipinski definition) is 5. The van der Waals surface area contributed by atoms with E-state index in [2.05, 4.69) is 21.2 Å². The lowest BCUT2D eigenvalue weighted by atomic mass is 10.1. The third-order valence-electron chi connectivity index (χ3n) is 3.67. The standard InChI is InChI=1S/C21H27ClN4O3/c1-21(2,3)23-13-18(27)14-29-19-10-9-16(22)11-15(19)12-24-26-20(28)25-17-7-5-4-6-8-17/h4-12,18,23,27H,13-14H2,1-3H3,(H2,25,26,28)/b24-12+. The van der Waals surface area contributed by atoms with Gasteiger partial charge in [0, 0.05) is 28.4 Å². The second kappa shape index (κ2) is 10.8. The van der Waals surface area contributed by atoms with Gasteiger partial charge in [0.2, 0.25) is 0 Å². The van der Waals surface area contributed by atoms with Gasteiger partial charge in [0.15, 0.2) is 0 Å². The molecule has 0 aliphatic rings. The Morgan fingerprint density at radius 1 is 1.24 bits per heavy atom. The van der Waals surface area contributed by atoms with Gasteiger partial charge in [0.05, 0.1) is 6.21 Å². The van der Waals surface area contributed by atoms with E-state index in [-0.39, 0.29) is 12.1 Å².